The number of carbonyl (C=O) groups excluding carboxylic acids is 1. The summed E-state index contributed by atoms with van der Waals surface area (Å²) in [5, 5.41) is 0. The molecular formula is C16H24N2O. The average Bonchev–Trinajstić information content (AvgIpc) is 2.73. The molecule has 1 aromatic carbocycles. The number of nitrogens with zero attached hydrogens (tertiary/aromatic N) is 1. The second-order valence-corrected chi connectivity index (χ2v) is 5.60. The molecule has 3 heteroatoms. The van der Waals surface area contributed by atoms with Gasteiger partial charge in [0.15, 0.2) is 0 Å². The van der Waals surface area contributed by atoms with E-state index in [0.29, 0.717) is 18.4 Å². The lowest BCUT2D eigenvalue weighted by Gasteiger charge is -2.18. The molecule has 0 aliphatic carbocycles. The Morgan fingerprint density at radius 1 is 1.42 bits per heavy atom. The average molecular weight is 260 g/mol. The van der Waals surface area contributed by atoms with Gasteiger partial charge in [0.2, 0.25) is 5.91 Å². The third-order valence-electron chi connectivity index (χ3n) is 4.00. The number of carbonyl (C=O) groups is 1. The van der Waals surface area contributed by atoms with E-state index in [-0.39, 0.29) is 0 Å². The number of hydrogen-bond donors (Lipinski definition) is 1. The number of hydrogen-bond acceptors (Lipinski definition) is 2. The van der Waals surface area contributed by atoms with Crippen molar-refractivity contribution in [3.05, 3.63) is 34.9 Å². The smallest absolute Gasteiger partial charge is 0.223 e. The Morgan fingerprint density at radius 2 is 2.21 bits per heavy atom. The highest BCUT2D eigenvalue weighted by Crippen LogP contribution is 2.24. The molecule has 1 amide bonds. The van der Waals surface area contributed by atoms with E-state index in [1.54, 1.807) is 0 Å². The Labute approximate surface area is 115 Å². The van der Waals surface area contributed by atoms with Crippen LogP contribution < -0.4 is 5.73 Å². The topological polar surface area (TPSA) is 46.3 Å². The molecule has 0 spiro atoms. The normalized spacial score (nSPS) is 19.2. The molecule has 2 rings (SSSR count). The molecule has 2 N–H and O–H groups in total. The summed E-state index contributed by atoms with van der Waals surface area (Å²) in [4.78, 5) is 14.0. The zero-order chi connectivity index (χ0) is 13.8. The van der Waals surface area contributed by atoms with Gasteiger partial charge in [0.25, 0.3) is 0 Å². The van der Waals surface area contributed by atoms with Gasteiger partial charge in [-0.05, 0) is 36.0 Å². The summed E-state index contributed by atoms with van der Waals surface area (Å²) < 4.78 is 0. The third kappa shape index (κ3) is 3.35. The van der Waals surface area contributed by atoms with E-state index < -0.39 is 0 Å². The van der Waals surface area contributed by atoms with E-state index in [2.05, 4.69) is 32.0 Å². The Balaban J connectivity index is 2.03. The number of aryl methyl sites for hydroxylation is 1. The van der Waals surface area contributed by atoms with E-state index in [4.69, 9.17) is 5.73 Å². The van der Waals surface area contributed by atoms with E-state index >= 15 is 0 Å². The monoisotopic (exact) mass is 260 g/mol. The molecule has 19 heavy (non-hydrogen) atoms. The van der Waals surface area contributed by atoms with Gasteiger partial charge in [-0.25, -0.2) is 0 Å². The molecule has 104 valence electrons. The van der Waals surface area contributed by atoms with Crippen LogP contribution in [0.2, 0.25) is 0 Å². The fourth-order valence-electron chi connectivity index (χ4n) is 2.88. The van der Waals surface area contributed by atoms with Crippen molar-refractivity contribution >= 4 is 5.91 Å². The summed E-state index contributed by atoms with van der Waals surface area (Å²) in [6.07, 6.45) is 3.05. The van der Waals surface area contributed by atoms with Gasteiger partial charge in [-0.2, -0.15) is 0 Å². The highest BCUT2D eigenvalue weighted by atomic mass is 16.2. The molecule has 1 fully saturated rings. The minimum atomic E-state index is 0.306. The van der Waals surface area contributed by atoms with Gasteiger partial charge >= 0.3 is 0 Å². The van der Waals surface area contributed by atoms with Gasteiger partial charge < -0.3 is 10.6 Å². The quantitative estimate of drug-likeness (QED) is 0.884. The molecule has 1 aromatic rings. The number of rotatable bonds is 5. The van der Waals surface area contributed by atoms with Crippen LogP contribution in [0.5, 0.6) is 0 Å². The lowest BCUT2D eigenvalue weighted by Crippen LogP contribution is -2.25. The number of likely N-dealkylation sites (tertiary alicyclic amines) is 1. The summed E-state index contributed by atoms with van der Waals surface area (Å²) in [5.74, 6) is 0.863. The molecule has 1 aliphatic heterocycles. The van der Waals surface area contributed by atoms with Gasteiger partial charge in [-0.1, -0.05) is 31.5 Å². The molecule has 1 saturated heterocycles. The van der Waals surface area contributed by atoms with Crippen LogP contribution in [0.3, 0.4) is 0 Å². The summed E-state index contributed by atoms with van der Waals surface area (Å²) >= 11 is 0. The van der Waals surface area contributed by atoms with Gasteiger partial charge in [-0.3, -0.25) is 4.79 Å². The van der Waals surface area contributed by atoms with Crippen LogP contribution in [-0.4, -0.2) is 17.4 Å². The molecule has 1 heterocycles. The highest BCUT2D eigenvalue weighted by Gasteiger charge is 2.28. The lowest BCUT2D eigenvalue weighted by atomic mass is 10.0. The SMILES string of the molecule is CCCC1CC(=O)N(Cc2ccc(CN)cc2C)C1. The van der Waals surface area contributed by atoms with Crippen LogP contribution >= 0.6 is 0 Å². The predicted molar refractivity (Wildman–Crippen MR) is 77.5 cm³/mol. The van der Waals surface area contributed by atoms with E-state index in [9.17, 15) is 4.79 Å². The van der Waals surface area contributed by atoms with Gasteiger partial charge in [0.05, 0.1) is 0 Å². The van der Waals surface area contributed by atoms with Crippen molar-refractivity contribution in [2.45, 2.75) is 46.2 Å². The number of amides is 1. The molecule has 1 unspecified atom stereocenters. The molecule has 1 aliphatic rings. The van der Waals surface area contributed by atoms with Crippen LogP contribution in [0.4, 0.5) is 0 Å². The van der Waals surface area contributed by atoms with E-state index in [0.717, 1.165) is 37.9 Å². The zero-order valence-corrected chi connectivity index (χ0v) is 12.0. The molecular weight excluding hydrogens is 236 g/mol. The first-order valence-corrected chi connectivity index (χ1v) is 7.20. The summed E-state index contributed by atoms with van der Waals surface area (Å²) in [5.41, 5.74) is 9.26. The first-order valence-electron chi connectivity index (χ1n) is 7.20. The molecule has 0 radical (unpaired) electrons. The van der Waals surface area contributed by atoms with Crippen LogP contribution in [0.25, 0.3) is 0 Å². The summed E-state index contributed by atoms with van der Waals surface area (Å²) in [6.45, 7) is 6.52. The number of nitrogens with two attached hydrogens (primary N) is 1. The second-order valence-electron chi connectivity index (χ2n) is 5.60. The fourth-order valence-corrected chi connectivity index (χ4v) is 2.88. The molecule has 0 saturated carbocycles. The first-order chi connectivity index (χ1) is 9.13. The first kappa shape index (κ1) is 14.1. The van der Waals surface area contributed by atoms with Crippen molar-refractivity contribution in [1.82, 2.24) is 4.90 Å². The summed E-state index contributed by atoms with van der Waals surface area (Å²) in [7, 11) is 0. The van der Waals surface area contributed by atoms with Crippen molar-refractivity contribution in [3.8, 4) is 0 Å². The van der Waals surface area contributed by atoms with Crippen LogP contribution in [0.1, 0.15) is 42.9 Å². The van der Waals surface area contributed by atoms with Crippen molar-refractivity contribution in [1.29, 1.82) is 0 Å². The van der Waals surface area contributed by atoms with E-state index in [1.165, 1.54) is 11.1 Å². The van der Waals surface area contributed by atoms with Gasteiger partial charge in [0.1, 0.15) is 0 Å². The molecule has 3 nitrogen and oxygen atoms in total. The van der Waals surface area contributed by atoms with Gasteiger partial charge in [-0.15, -0.1) is 0 Å². The molecule has 0 aromatic heterocycles. The number of benzene rings is 1. The highest BCUT2D eigenvalue weighted by molar-refractivity contribution is 5.78. The van der Waals surface area contributed by atoms with Crippen molar-refractivity contribution in [2.24, 2.45) is 11.7 Å². The van der Waals surface area contributed by atoms with Crippen molar-refractivity contribution < 1.29 is 4.79 Å². The maximum atomic E-state index is 12.0. The maximum absolute atomic E-state index is 12.0. The fraction of sp³-hybridized carbons (Fsp3) is 0.562. The van der Waals surface area contributed by atoms with Gasteiger partial charge in [0, 0.05) is 26.1 Å². The van der Waals surface area contributed by atoms with Crippen LogP contribution in [0.15, 0.2) is 18.2 Å². The lowest BCUT2D eigenvalue weighted by molar-refractivity contribution is -0.128. The zero-order valence-electron chi connectivity index (χ0n) is 12.0. The predicted octanol–water partition coefficient (Wildman–Crippen LogP) is 2.60. The largest absolute Gasteiger partial charge is 0.338 e. The van der Waals surface area contributed by atoms with E-state index in [1.807, 2.05) is 4.90 Å². The molecule has 1 atom stereocenters. The standard InChI is InChI=1S/C16H24N2O/c1-3-4-14-8-16(19)18(10-14)11-15-6-5-13(9-17)7-12(15)2/h5-7,14H,3-4,8-11,17H2,1-2H3. The Bertz CT molecular complexity index is 456. The molecule has 0 bridgehead atoms. The second kappa shape index (κ2) is 6.20. The third-order valence-corrected chi connectivity index (χ3v) is 4.00. The minimum absolute atomic E-state index is 0.306. The Kier molecular flexibility index (Phi) is 4.59. The summed E-state index contributed by atoms with van der Waals surface area (Å²) in [6, 6.07) is 6.30. The Morgan fingerprint density at radius 3 is 2.84 bits per heavy atom. The van der Waals surface area contributed by atoms with Crippen LogP contribution in [0, 0.1) is 12.8 Å². The van der Waals surface area contributed by atoms with Crippen molar-refractivity contribution in [2.75, 3.05) is 6.54 Å². The van der Waals surface area contributed by atoms with Crippen molar-refractivity contribution in [3.63, 3.8) is 0 Å². The maximum Gasteiger partial charge on any atom is 0.223 e. The van der Waals surface area contributed by atoms with Crippen LogP contribution in [-0.2, 0) is 17.9 Å². The minimum Gasteiger partial charge on any atom is -0.338 e. The Hall–Kier alpha value is -1.35.